The van der Waals surface area contributed by atoms with Crippen molar-refractivity contribution in [2.45, 2.75) is 31.6 Å². The molecule has 1 saturated heterocycles. The van der Waals surface area contributed by atoms with E-state index in [1.165, 1.54) is 13.2 Å². The molecule has 0 spiro atoms. The summed E-state index contributed by atoms with van der Waals surface area (Å²) in [6.07, 6.45) is 1.29. The molecule has 1 fully saturated rings. The van der Waals surface area contributed by atoms with Gasteiger partial charge in [-0.05, 0) is 43.6 Å². The Labute approximate surface area is 130 Å². The number of carbonyl (C=O) groups is 1. The second-order valence-electron chi connectivity index (χ2n) is 5.49. The van der Waals surface area contributed by atoms with Crippen LogP contribution in [0.5, 0.6) is 0 Å². The first-order valence-electron chi connectivity index (χ1n) is 7.42. The highest BCUT2D eigenvalue weighted by atomic mass is 19.1. The van der Waals surface area contributed by atoms with Gasteiger partial charge in [-0.25, -0.2) is 4.39 Å². The Morgan fingerprint density at radius 1 is 1.36 bits per heavy atom. The zero-order valence-electron chi connectivity index (χ0n) is 13.1. The van der Waals surface area contributed by atoms with E-state index in [0.717, 1.165) is 18.7 Å². The van der Waals surface area contributed by atoms with E-state index < -0.39 is 5.60 Å². The van der Waals surface area contributed by atoms with Crippen molar-refractivity contribution in [3.05, 3.63) is 35.1 Å². The molecule has 6 heteroatoms. The van der Waals surface area contributed by atoms with Gasteiger partial charge in [0.15, 0.2) is 0 Å². The van der Waals surface area contributed by atoms with Gasteiger partial charge < -0.3 is 20.1 Å². The summed E-state index contributed by atoms with van der Waals surface area (Å²) in [7, 11) is 3.09. The molecule has 2 rings (SSSR count). The summed E-state index contributed by atoms with van der Waals surface area (Å²) in [6, 6.07) is 4.77. The van der Waals surface area contributed by atoms with Crippen LogP contribution >= 0.6 is 0 Å². The predicted molar refractivity (Wildman–Crippen MR) is 80.8 cm³/mol. The van der Waals surface area contributed by atoms with E-state index in [2.05, 4.69) is 10.6 Å². The number of carbonyl (C=O) groups excluding carboxylic acids is 1. The maximum atomic E-state index is 13.6. The fourth-order valence-corrected chi connectivity index (χ4v) is 2.70. The van der Waals surface area contributed by atoms with Gasteiger partial charge in [0.2, 0.25) is 0 Å². The van der Waals surface area contributed by atoms with Crippen molar-refractivity contribution in [2.24, 2.45) is 0 Å². The summed E-state index contributed by atoms with van der Waals surface area (Å²) in [4.78, 5) is 12.4. The summed E-state index contributed by atoms with van der Waals surface area (Å²) in [6.45, 7) is 2.07. The predicted octanol–water partition coefficient (Wildman–Crippen LogP) is 1.36. The van der Waals surface area contributed by atoms with E-state index in [0.29, 0.717) is 24.9 Å². The highest BCUT2D eigenvalue weighted by Gasteiger charge is 2.39. The quantitative estimate of drug-likeness (QED) is 0.833. The molecule has 0 unspecified atom stereocenters. The van der Waals surface area contributed by atoms with E-state index in [4.69, 9.17) is 9.47 Å². The zero-order valence-corrected chi connectivity index (χ0v) is 13.1. The third-order valence-electron chi connectivity index (χ3n) is 4.08. The minimum Gasteiger partial charge on any atom is -0.380 e. The third kappa shape index (κ3) is 3.82. The fraction of sp³-hybridized carbons (Fsp3) is 0.562. The van der Waals surface area contributed by atoms with Crippen LogP contribution in [0.2, 0.25) is 0 Å². The second-order valence-corrected chi connectivity index (χ2v) is 5.49. The first-order chi connectivity index (χ1) is 10.6. The van der Waals surface area contributed by atoms with Crippen molar-refractivity contribution in [1.29, 1.82) is 0 Å². The molecule has 1 aliphatic rings. The van der Waals surface area contributed by atoms with Gasteiger partial charge >= 0.3 is 0 Å². The van der Waals surface area contributed by atoms with Crippen molar-refractivity contribution in [3.63, 3.8) is 0 Å². The lowest BCUT2D eigenvalue weighted by Crippen LogP contribution is -2.53. The topological polar surface area (TPSA) is 59.6 Å². The largest absolute Gasteiger partial charge is 0.380 e. The average Bonchev–Trinajstić information content (AvgIpc) is 2.56. The Bertz CT molecular complexity index is 516. The Morgan fingerprint density at radius 2 is 2.09 bits per heavy atom. The molecule has 5 nitrogen and oxygen atoms in total. The molecule has 22 heavy (non-hydrogen) atoms. The van der Waals surface area contributed by atoms with Crippen molar-refractivity contribution in [1.82, 2.24) is 10.6 Å². The van der Waals surface area contributed by atoms with Crippen LogP contribution < -0.4 is 10.6 Å². The molecule has 0 radical (unpaired) electrons. The molecule has 0 aromatic heterocycles. The van der Waals surface area contributed by atoms with E-state index >= 15 is 0 Å². The van der Waals surface area contributed by atoms with Gasteiger partial charge in [-0.2, -0.15) is 0 Å². The molecule has 0 aliphatic carbocycles. The molecule has 0 saturated carbocycles. The van der Waals surface area contributed by atoms with E-state index in [1.54, 1.807) is 19.2 Å². The Kier molecular flexibility index (Phi) is 5.88. The van der Waals surface area contributed by atoms with Crippen LogP contribution in [0.25, 0.3) is 0 Å². The van der Waals surface area contributed by atoms with Crippen LogP contribution in [0, 0.1) is 5.82 Å². The van der Waals surface area contributed by atoms with Crippen LogP contribution in [0.4, 0.5) is 4.39 Å². The van der Waals surface area contributed by atoms with Crippen LogP contribution in [0.1, 0.15) is 24.0 Å². The van der Waals surface area contributed by atoms with Crippen LogP contribution in [0.15, 0.2) is 18.2 Å². The van der Waals surface area contributed by atoms with E-state index in [9.17, 15) is 9.18 Å². The van der Waals surface area contributed by atoms with Crippen molar-refractivity contribution in [3.8, 4) is 0 Å². The number of piperidine rings is 1. The van der Waals surface area contributed by atoms with Crippen molar-refractivity contribution >= 4 is 5.91 Å². The smallest absolute Gasteiger partial charge is 0.252 e. The van der Waals surface area contributed by atoms with Gasteiger partial charge in [-0.15, -0.1) is 0 Å². The number of halogens is 1. The maximum absolute atomic E-state index is 13.6. The molecule has 122 valence electrons. The number of hydrogen-bond acceptors (Lipinski definition) is 4. The second kappa shape index (κ2) is 7.67. The Balaban J connectivity index is 1.99. The molecule has 1 aromatic carbocycles. The monoisotopic (exact) mass is 310 g/mol. The number of rotatable bonds is 6. The molecule has 1 aromatic rings. The maximum Gasteiger partial charge on any atom is 0.252 e. The molecular weight excluding hydrogens is 287 g/mol. The average molecular weight is 310 g/mol. The summed E-state index contributed by atoms with van der Waals surface area (Å²) >= 11 is 0. The first kappa shape index (κ1) is 16.9. The van der Waals surface area contributed by atoms with Gasteiger partial charge in [0.25, 0.3) is 5.91 Å². The minimum atomic E-state index is -0.763. The van der Waals surface area contributed by atoms with Crippen LogP contribution in [0.3, 0.4) is 0 Å². The number of amides is 1. The number of hydrogen-bond donors (Lipinski definition) is 2. The van der Waals surface area contributed by atoms with Gasteiger partial charge in [-0.3, -0.25) is 4.79 Å². The lowest BCUT2D eigenvalue weighted by molar-refractivity contribution is -0.146. The van der Waals surface area contributed by atoms with Crippen molar-refractivity contribution in [2.75, 3.05) is 27.3 Å². The summed E-state index contributed by atoms with van der Waals surface area (Å²) in [5, 5.41) is 6.11. The molecule has 1 amide bonds. The zero-order chi connectivity index (χ0) is 16.0. The lowest BCUT2D eigenvalue weighted by atomic mass is 9.91. The SMILES string of the molecule is COCc1cc(CNC(=O)C2(OC)CCNCC2)ccc1F. The number of methoxy groups -OCH3 is 2. The van der Waals surface area contributed by atoms with Gasteiger partial charge in [-0.1, -0.05) is 6.07 Å². The highest BCUT2D eigenvalue weighted by molar-refractivity contribution is 5.85. The standard InChI is InChI=1S/C16H23FN2O3/c1-21-11-13-9-12(3-4-14(13)17)10-19-15(20)16(22-2)5-7-18-8-6-16/h3-4,9,18H,5-8,10-11H2,1-2H3,(H,19,20). The summed E-state index contributed by atoms with van der Waals surface area (Å²) < 4.78 is 24.0. The number of ether oxygens (including phenoxy) is 2. The molecule has 1 heterocycles. The lowest BCUT2D eigenvalue weighted by Gasteiger charge is -2.34. The normalized spacial score (nSPS) is 17.2. The van der Waals surface area contributed by atoms with Crippen molar-refractivity contribution < 1.29 is 18.7 Å². The third-order valence-corrected chi connectivity index (χ3v) is 4.08. The first-order valence-corrected chi connectivity index (χ1v) is 7.42. The molecule has 2 N–H and O–H groups in total. The summed E-state index contributed by atoms with van der Waals surface area (Å²) in [5.41, 5.74) is 0.556. The van der Waals surface area contributed by atoms with E-state index in [-0.39, 0.29) is 18.3 Å². The van der Waals surface area contributed by atoms with Crippen LogP contribution in [-0.4, -0.2) is 38.8 Å². The van der Waals surface area contributed by atoms with Gasteiger partial charge in [0, 0.05) is 26.3 Å². The minimum absolute atomic E-state index is 0.117. The van der Waals surface area contributed by atoms with Gasteiger partial charge in [0.05, 0.1) is 6.61 Å². The molecule has 0 atom stereocenters. The number of benzene rings is 1. The Morgan fingerprint density at radius 3 is 2.73 bits per heavy atom. The Hall–Kier alpha value is -1.50. The highest BCUT2D eigenvalue weighted by Crippen LogP contribution is 2.22. The summed E-state index contributed by atoms with van der Waals surface area (Å²) in [5.74, 6) is -0.419. The van der Waals surface area contributed by atoms with Crippen LogP contribution in [-0.2, 0) is 27.4 Å². The van der Waals surface area contributed by atoms with E-state index in [1.807, 2.05) is 0 Å². The fourth-order valence-electron chi connectivity index (χ4n) is 2.70. The molecule has 1 aliphatic heterocycles. The van der Waals surface area contributed by atoms with Gasteiger partial charge in [0.1, 0.15) is 11.4 Å². The molecule has 0 bridgehead atoms. The molecular formula is C16H23FN2O3. The number of nitrogens with one attached hydrogen (secondary N) is 2.